The number of fused-ring (bicyclic) bond motifs is 1. The van der Waals surface area contributed by atoms with E-state index in [-0.39, 0.29) is 83.1 Å². The monoisotopic (exact) mass is 1160 g/mol. The van der Waals surface area contributed by atoms with Gasteiger partial charge in [0.1, 0.15) is 52.6 Å². The molecule has 0 amide bonds. The lowest BCUT2D eigenvalue weighted by Crippen LogP contribution is -2.33. The normalized spacial score (nSPS) is 17.1. The summed E-state index contributed by atoms with van der Waals surface area (Å²) in [5, 5.41) is 11.3. The van der Waals surface area contributed by atoms with Crippen molar-refractivity contribution in [3.8, 4) is 23.0 Å². The number of aliphatic hydroxyl groups is 1. The molecule has 2 aliphatic carbocycles. The first-order valence-electron chi connectivity index (χ1n) is 26.0. The standard InChI is InChI=1S/C57H62O20S3/c1-3-45(58)70-31-33-72-49(62)25-23-47(60)68-29-27-35-5-17-41(18-6-35)74-53(64)37-9-13-39(14-10-37)55(66)76-43-21-22-44(52-51(43)79-57(78)80-52)77-56(67)40-15-11-38(12-16-40)54(65)75-42-19-7-36(8-20-42)28-30-69-48(61)24-26-50(63)73-34-32-71-46(59)4-2/h3-8,17-22,37-40,55,66H,1-2,9-16,23-34H2. The average molecular weight is 1160 g/mol. The van der Waals surface area contributed by atoms with Crippen molar-refractivity contribution in [1.82, 2.24) is 0 Å². The van der Waals surface area contributed by atoms with Gasteiger partial charge >= 0.3 is 53.7 Å². The Morgan fingerprint density at radius 2 is 0.838 bits per heavy atom. The van der Waals surface area contributed by atoms with Crippen LogP contribution >= 0.6 is 34.9 Å². The van der Waals surface area contributed by atoms with E-state index in [0.717, 1.165) is 23.3 Å². The summed E-state index contributed by atoms with van der Waals surface area (Å²) >= 11 is 8.07. The Morgan fingerprint density at radius 1 is 0.487 bits per heavy atom. The number of carbonyl (C=O) groups excluding carboxylic acids is 9. The molecule has 20 nitrogen and oxygen atoms in total. The maximum Gasteiger partial charge on any atom is 0.330 e. The van der Waals surface area contributed by atoms with Gasteiger partial charge in [-0.05, 0) is 98.9 Å². The Hall–Kier alpha value is -7.34. The molecule has 0 spiro atoms. The second-order valence-electron chi connectivity index (χ2n) is 18.5. The van der Waals surface area contributed by atoms with E-state index in [1.165, 1.54) is 22.7 Å². The second-order valence-corrected chi connectivity index (χ2v) is 21.7. The lowest BCUT2D eigenvalue weighted by atomic mass is 9.81. The van der Waals surface area contributed by atoms with Crippen LogP contribution in [0.5, 0.6) is 23.0 Å². The molecular formula is C57H62O20S3. The molecule has 1 atom stereocenters. The van der Waals surface area contributed by atoms with E-state index in [2.05, 4.69) is 13.2 Å². The molecule has 0 saturated heterocycles. The van der Waals surface area contributed by atoms with Crippen molar-refractivity contribution in [2.24, 2.45) is 23.7 Å². The third kappa shape index (κ3) is 20.4. The molecule has 1 aromatic heterocycles. The topological polar surface area (TPSA) is 266 Å². The van der Waals surface area contributed by atoms with E-state index in [9.17, 15) is 48.3 Å². The van der Waals surface area contributed by atoms with Crippen LogP contribution in [0.25, 0.3) is 9.40 Å². The van der Waals surface area contributed by atoms with Crippen LogP contribution in [0.2, 0.25) is 0 Å². The third-order valence-electron chi connectivity index (χ3n) is 12.9. The molecule has 0 radical (unpaired) electrons. The van der Waals surface area contributed by atoms with E-state index in [1.807, 2.05) is 0 Å². The van der Waals surface area contributed by atoms with Crippen LogP contribution in [0.4, 0.5) is 0 Å². The van der Waals surface area contributed by atoms with Gasteiger partial charge in [0.15, 0.2) is 6.29 Å². The highest BCUT2D eigenvalue weighted by atomic mass is 32.2. The molecule has 0 bridgehead atoms. The van der Waals surface area contributed by atoms with Crippen molar-refractivity contribution < 1.29 is 95.6 Å². The van der Waals surface area contributed by atoms with Crippen LogP contribution in [-0.2, 0) is 84.4 Å². The third-order valence-corrected chi connectivity index (χ3v) is 15.6. The molecule has 4 aromatic rings. The van der Waals surface area contributed by atoms with Crippen molar-refractivity contribution in [1.29, 1.82) is 0 Å². The predicted octanol–water partition coefficient (Wildman–Crippen LogP) is 8.40. The van der Waals surface area contributed by atoms with Gasteiger partial charge in [0, 0.05) is 30.9 Å². The number of hydrogen-bond donors (Lipinski definition) is 1. The van der Waals surface area contributed by atoms with E-state index in [4.69, 9.17) is 59.6 Å². The number of ether oxygens (including phenoxy) is 10. The van der Waals surface area contributed by atoms with Gasteiger partial charge in [-0.2, -0.15) is 0 Å². The van der Waals surface area contributed by atoms with Crippen LogP contribution in [0.1, 0.15) is 88.2 Å². The van der Waals surface area contributed by atoms with Crippen LogP contribution in [0.15, 0.2) is 86.0 Å². The van der Waals surface area contributed by atoms with Gasteiger partial charge in [0.2, 0.25) is 0 Å². The number of hydrogen-bond acceptors (Lipinski definition) is 23. The maximum atomic E-state index is 13.5. The van der Waals surface area contributed by atoms with Gasteiger partial charge in [-0.3, -0.25) is 33.6 Å². The first-order chi connectivity index (χ1) is 38.6. The molecule has 1 unspecified atom stereocenters. The minimum atomic E-state index is -1.18. The molecule has 1 heterocycles. The maximum absolute atomic E-state index is 13.5. The van der Waals surface area contributed by atoms with Crippen LogP contribution in [0, 0.1) is 26.8 Å². The summed E-state index contributed by atoms with van der Waals surface area (Å²) in [6, 6.07) is 16.9. The van der Waals surface area contributed by atoms with Gasteiger partial charge < -0.3 is 52.5 Å². The van der Waals surface area contributed by atoms with E-state index in [1.54, 1.807) is 60.7 Å². The zero-order valence-electron chi connectivity index (χ0n) is 43.8. The molecule has 80 heavy (non-hydrogen) atoms. The highest BCUT2D eigenvalue weighted by Gasteiger charge is 2.34. The minimum Gasteiger partial charge on any atom is -0.465 e. The number of carbonyl (C=O) groups is 9. The SMILES string of the molecule is C=CC(=O)OCCOC(=O)CCC(=O)OCCc1ccc(OC(=O)C2CCC(C(=O)Oc3ccc(OC(O)C4CCC(C(=O)Oc5ccc(CCOC(=O)CCC(=O)OCCOC(=O)C=C)cc5)CC4)c4sc(=S)sc34)CC2)cc1. The number of esters is 9. The fraction of sp³-hybridized carbons (Fsp3) is 0.439. The first-order valence-corrected chi connectivity index (χ1v) is 28.1. The predicted molar refractivity (Wildman–Crippen MR) is 290 cm³/mol. The lowest BCUT2D eigenvalue weighted by Gasteiger charge is -2.30. The summed E-state index contributed by atoms with van der Waals surface area (Å²) in [6.45, 7) is 6.17. The zero-order valence-corrected chi connectivity index (χ0v) is 46.2. The largest absolute Gasteiger partial charge is 0.465 e. The number of aliphatic hydroxyl groups excluding tert-OH is 1. The minimum absolute atomic E-state index is 0.0743. The van der Waals surface area contributed by atoms with Gasteiger partial charge in [0.25, 0.3) is 0 Å². The summed E-state index contributed by atoms with van der Waals surface area (Å²) in [7, 11) is 0. The van der Waals surface area contributed by atoms with Gasteiger partial charge in [-0.1, -0.05) is 49.6 Å². The van der Waals surface area contributed by atoms with E-state index >= 15 is 0 Å². The smallest absolute Gasteiger partial charge is 0.330 e. The summed E-state index contributed by atoms with van der Waals surface area (Å²) in [4.78, 5) is 109. The molecule has 428 valence electrons. The summed E-state index contributed by atoms with van der Waals surface area (Å²) in [6.07, 6.45) is 4.56. The Labute approximate surface area is 474 Å². The lowest BCUT2D eigenvalue weighted by molar-refractivity contribution is -0.152. The van der Waals surface area contributed by atoms with Gasteiger partial charge in [-0.15, -0.1) is 22.7 Å². The molecule has 2 saturated carbocycles. The Kier molecular flexibility index (Phi) is 24.8. The molecule has 6 rings (SSSR count). The average Bonchev–Trinajstić information content (AvgIpc) is 3.87. The highest BCUT2D eigenvalue weighted by molar-refractivity contribution is 7.77. The van der Waals surface area contributed by atoms with Crippen molar-refractivity contribution in [3.05, 3.63) is 100 Å². The zero-order chi connectivity index (χ0) is 57.4. The molecule has 2 fully saturated rings. The molecule has 0 aliphatic heterocycles. The van der Waals surface area contributed by atoms with Crippen molar-refractivity contribution >= 4 is 98.0 Å². The molecule has 1 N–H and O–H groups in total. The first kappa shape index (κ1) is 61.9. The van der Waals surface area contributed by atoms with Crippen LogP contribution < -0.4 is 18.9 Å². The summed E-state index contributed by atoms with van der Waals surface area (Å²) in [5.74, 6) is -4.93. The van der Waals surface area contributed by atoms with Gasteiger partial charge in [0.05, 0.1) is 66.1 Å². The highest BCUT2D eigenvalue weighted by Crippen LogP contribution is 2.43. The van der Waals surface area contributed by atoms with Crippen molar-refractivity contribution in [2.75, 3.05) is 39.6 Å². The number of rotatable bonds is 29. The Balaban J connectivity index is 0.853. The second kappa shape index (κ2) is 32.0. The molecular weight excluding hydrogens is 1100 g/mol. The molecule has 3 aromatic carbocycles. The van der Waals surface area contributed by atoms with Gasteiger partial charge in [-0.25, -0.2) is 9.59 Å². The van der Waals surface area contributed by atoms with E-state index in [0.29, 0.717) is 99.7 Å². The number of benzene rings is 3. The van der Waals surface area contributed by atoms with Crippen molar-refractivity contribution in [2.45, 2.75) is 96.2 Å². The Bertz CT molecular complexity index is 2880. The van der Waals surface area contributed by atoms with Crippen molar-refractivity contribution in [3.63, 3.8) is 0 Å². The fourth-order valence-corrected chi connectivity index (χ4v) is 11.1. The fourth-order valence-electron chi connectivity index (χ4n) is 8.53. The molecule has 23 heteroatoms. The van der Waals surface area contributed by atoms with E-state index < -0.39 is 65.9 Å². The molecule has 2 aliphatic rings. The summed E-state index contributed by atoms with van der Waals surface area (Å²) in [5.41, 5.74) is 1.66. The van der Waals surface area contributed by atoms with Crippen LogP contribution in [0.3, 0.4) is 0 Å². The quantitative estimate of drug-likeness (QED) is 0.0102. The summed E-state index contributed by atoms with van der Waals surface area (Å²) < 4.78 is 54.8. The van der Waals surface area contributed by atoms with Crippen LogP contribution in [-0.4, -0.2) is 105 Å². The Morgan fingerprint density at radius 3 is 1.25 bits per heavy atom.